The van der Waals surface area contributed by atoms with E-state index in [9.17, 15) is 9.59 Å². The summed E-state index contributed by atoms with van der Waals surface area (Å²) in [5.41, 5.74) is 2.77. The summed E-state index contributed by atoms with van der Waals surface area (Å²) in [5, 5.41) is 3.49. The first-order valence-electron chi connectivity index (χ1n) is 9.74. The number of hydrogen-bond donors (Lipinski definition) is 1. The standard InChI is InChI=1S/C20H28N4O3/c1-13-10-23(20(26)19-5-4-8-27-19)18-9-15(16-11-22(3)12-21-16)6-7-17(18)24(13)14(2)25/h6-7,9,13,16,19,21H,4-5,8,10-12H2,1-3H3. The molecular formula is C20H28N4O3. The van der Waals surface area contributed by atoms with Crippen molar-refractivity contribution in [2.24, 2.45) is 0 Å². The number of amides is 2. The lowest BCUT2D eigenvalue weighted by molar-refractivity contribution is -0.127. The Kier molecular flexibility index (Phi) is 4.92. The molecule has 146 valence electrons. The number of nitrogens with zero attached hydrogens (tertiary/aromatic N) is 3. The molecule has 0 bridgehead atoms. The van der Waals surface area contributed by atoms with Gasteiger partial charge in [0.2, 0.25) is 5.91 Å². The number of fused-ring (bicyclic) bond motifs is 1. The molecule has 4 rings (SSSR count). The summed E-state index contributed by atoms with van der Waals surface area (Å²) < 4.78 is 5.65. The molecular weight excluding hydrogens is 344 g/mol. The number of rotatable bonds is 2. The lowest BCUT2D eigenvalue weighted by atomic mass is 10.0. The van der Waals surface area contributed by atoms with Gasteiger partial charge in [-0.3, -0.25) is 19.8 Å². The van der Waals surface area contributed by atoms with E-state index >= 15 is 0 Å². The zero-order valence-corrected chi connectivity index (χ0v) is 16.3. The number of anilines is 2. The van der Waals surface area contributed by atoms with Crippen LogP contribution >= 0.6 is 0 Å². The van der Waals surface area contributed by atoms with Crippen molar-refractivity contribution >= 4 is 23.2 Å². The number of benzene rings is 1. The highest BCUT2D eigenvalue weighted by Crippen LogP contribution is 2.39. The molecule has 0 radical (unpaired) electrons. The molecule has 1 N–H and O–H groups in total. The highest BCUT2D eigenvalue weighted by Gasteiger charge is 2.38. The van der Waals surface area contributed by atoms with Crippen molar-refractivity contribution in [1.29, 1.82) is 0 Å². The van der Waals surface area contributed by atoms with Gasteiger partial charge in [0.15, 0.2) is 0 Å². The van der Waals surface area contributed by atoms with E-state index in [2.05, 4.69) is 29.4 Å². The van der Waals surface area contributed by atoms with Crippen LogP contribution in [0.2, 0.25) is 0 Å². The summed E-state index contributed by atoms with van der Waals surface area (Å²) >= 11 is 0. The predicted molar refractivity (Wildman–Crippen MR) is 104 cm³/mol. The second-order valence-electron chi connectivity index (χ2n) is 7.89. The van der Waals surface area contributed by atoms with Crippen LogP contribution in [-0.4, -0.2) is 62.3 Å². The monoisotopic (exact) mass is 372 g/mol. The Labute approximate surface area is 160 Å². The Morgan fingerprint density at radius 2 is 2.04 bits per heavy atom. The first-order chi connectivity index (χ1) is 13.0. The number of nitrogens with one attached hydrogen (secondary N) is 1. The van der Waals surface area contributed by atoms with Crippen LogP contribution in [0.4, 0.5) is 11.4 Å². The van der Waals surface area contributed by atoms with Crippen molar-refractivity contribution in [3.05, 3.63) is 23.8 Å². The number of carbonyl (C=O) groups is 2. The third kappa shape index (κ3) is 3.35. The maximum Gasteiger partial charge on any atom is 0.256 e. The average Bonchev–Trinajstić information content (AvgIpc) is 3.31. The molecule has 7 heteroatoms. The highest BCUT2D eigenvalue weighted by molar-refractivity contribution is 6.05. The molecule has 3 atom stereocenters. The van der Waals surface area contributed by atoms with Crippen molar-refractivity contribution in [1.82, 2.24) is 10.2 Å². The average molecular weight is 372 g/mol. The molecule has 3 aliphatic heterocycles. The van der Waals surface area contributed by atoms with Crippen LogP contribution < -0.4 is 15.1 Å². The van der Waals surface area contributed by atoms with Crippen LogP contribution in [0.15, 0.2) is 18.2 Å². The molecule has 2 amide bonds. The van der Waals surface area contributed by atoms with Gasteiger partial charge in [0.05, 0.1) is 17.4 Å². The number of hydrogen-bond acceptors (Lipinski definition) is 5. The minimum atomic E-state index is -0.367. The van der Waals surface area contributed by atoms with Crippen molar-refractivity contribution in [3.63, 3.8) is 0 Å². The fraction of sp³-hybridized carbons (Fsp3) is 0.600. The van der Waals surface area contributed by atoms with Gasteiger partial charge >= 0.3 is 0 Å². The van der Waals surface area contributed by atoms with E-state index in [0.29, 0.717) is 13.2 Å². The van der Waals surface area contributed by atoms with Gasteiger partial charge in [0, 0.05) is 39.3 Å². The minimum absolute atomic E-state index is 0.000518. The van der Waals surface area contributed by atoms with E-state index in [0.717, 1.165) is 43.0 Å². The Balaban J connectivity index is 1.73. The van der Waals surface area contributed by atoms with Gasteiger partial charge in [-0.05, 0) is 44.5 Å². The summed E-state index contributed by atoms with van der Waals surface area (Å²) in [5.74, 6) is 0.0110. The molecule has 2 saturated heterocycles. The molecule has 7 nitrogen and oxygen atoms in total. The summed E-state index contributed by atoms with van der Waals surface area (Å²) in [6.07, 6.45) is 1.32. The first-order valence-corrected chi connectivity index (χ1v) is 9.74. The van der Waals surface area contributed by atoms with Gasteiger partial charge in [-0.1, -0.05) is 6.07 Å². The molecule has 1 aromatic rings. The van der Waals surface area contributed by atoms with Crippen LogP contribution in [0.5, 0.6) is 0 Å². The smallest absolute Gasteiger partial charge is 0.256 e. The quantitative estimate of drug-likeness (QED) is 0.852. The summed E-state index contributed by atoms with van der Waals surface area (Å²) in [7, 11) is 2.08. The van der Waals surface area contributed by atoms with Gasteiger partial charge in [-0.2, -0.15) is 0 Å². The van der Waals surface area contributed by atoms with Gasteiger partial charge in [-0.25, -0.2) is 0 Å². The summed E-state index contributed by atoms with van der Waals surface area (Å²) in [4.78, 5) is 31.3. The largest absolute Gasteiger partial charge is 0.368 e. The Morgan fingerprint density at radius 1 is 1.22 bits per heavy atom. The van der Waals surface area contributed by atoms with E-state index in [1.54, 1.807) is 11.8 Å². The third-order valence-electron chi connectivity index (χ3n) is 5.75. The SMILES string of the molecule is CC(=O)N1c2ccc(C3CN(C)CN3)cc2N(C(=O)C2CCCO2)CC1C. The summed E-state index contributed by atoms with van der Waals surface area (Å²) in [6, 6.07) is 6.28. The number of carbonyl (C=O) groups excluding carboxylic acids is 2. The molecule has 3 unspecified atom stereocenters. The second kappa shape index (κ2) is 7.22. The normalized spacial score (nSPS) is 28.5. The lowest BCUT2D eigenvalue weighted by Gasteiger charge is -2.41. The van der Waals surface area contributed by atoms with Crippen LogP contribution in [0.3, 0.4) is 0 Å². The van der Waals surface area contributed by atoms with Crippen molar-refractivity contribution in [2.75, 3.05) is 43.2 Å². The van der Waals surface area contributed by atoms with Gasteiger partial charge in [0.25, 0.3) is 5.91 Å². The molecule has 3 heterocycles. The van der Waals surface area contributed by atoms with Gasteiger partial charge < -0.3 is 14.5 Å². The van der Waals surface area contributed by atoms with Crippen LogP contribution in [-0.2, 0) is 14.3 Å². The number of ether oxygens (including phenoxy) is 1. The zero-order valence-electron chi connectivity index (χ0n) is 16.3. The van der Waals surface area contributed by atoms with Crippen LogP contribution in [0.1, 0.15) is 38.3 Å². The fourth-order valence-corrected chi connectivity index (χ4v) is 4.42. The molecule has 0 spiro atoms. The topological polar surface area (TPSA) is 65.1 Å². The highest BCUT2D eigenvalue weighted by atomic mass is 16.5. The molecule has 0 aromatic heterocycles. The predicted octanol–water partition coefficient (Wildman–Crippen LogP) is 1.49. The molecule has 2 fully saturated rings. The molecule has 1 aromatic carbocycles. The van der Waals surface area contributed by atoms with Crippen molar-refractivity contribution in [2.45, 2.75) is 44.9 Å². The number of likely N-dealkylation sites (N-methyl/N-ethyl adjacent to an activating group) is 1. The zero-order chi connectivity index (χ0) is 19.1. The Bertz CT molecular complexity index is 747. The van der Waals surface area contributed by atoms with Crippen molar-refractivity contribution in [3.8, 4) is 0 Å². The van der Waals surface area contributed by atoms with Crippen LogP contribution in [0.25, 0.3) is 0 Å². The minimum Gasteiger partial charge on any atom is -0.368 e. The second-order valence-corrected chi connectivity index (χ2v) is 7.89. The third-order valence-corrected chi connectivity index (χ3v) is 5.75. The molecule has 0 aliphatic carbocycles. The maximum atomic E-state index is 13.1. The lowest BCUT2D eigenvalue weighted by Crippen LogP contribution is -2.53. The summed E-state index contributed by atoms with van der Waals surface area (Å²) in [6.45, 7) is 6.47. The first kappa shape index (κ1) is 18.4. The Morgan fingerprint density at radius 3 is 2.67 bits per heavy atom. The van der Waals surface area contributed by atoms with Crippen molar-refractivity contribution < 1.29 is 14.3 Å². The van der Waals surface area contributed by atoms with E-state index < -0.39 is 0 Å². The Hall–Kier alpha value is -1.96. The van der Waals surface area contributed by atoms with Crippen LogP contribution in [0, 0.1) is 0 Å². The van der Waals surface area contributed by atoms with Gasteiger partial charge in [0.1, 0.15) is 6.10 Å². The maximum absolute atomic E-state index is 13.1. The van der Waals surface area contributed by atoms with E-state index in [4.69, 9.17) is 4.74 Å². The molecule has 3 aliphatic rings. The van der Waals surface area contributed by atoms with E-state index in [1.165, 1.54) is 0 Å². The molecule has 0 saturated carbocycles. The van der Waals surface area contributed by atoms with Gasteiger partial charge in [-0.15, -0.1) is 0 Å². The van der Waals surface area contributed by atoms with E-state index in [-0.39, 0.29) is 30.0 Å². The fourth-order valence-electron chi connectivity index (χ4n) is 4.42. The van der Waals surface area contributed by atoms with E-state index in [1.807, 2.05) is 17.9 Å². The molecule has 27 heavy (non-hydrogen) atoms.